The topological polar surface area (TPSA) is 56.7 Å². The highest BCUT2D eigenvalue weighted by Crippen LogP contribution is 2.13. The maximum atomic E-state index is 6.13. The molecule has 0 bridgehead atoms. The van der Waals surface area contributed by atoms with Crippen LogP contribution in [0.15, 0.2) is 36.9 Å². The molecule has 2 aromatic rings. The van der Waals surface area contributed by atoms with Crippen LogP contribution in [-0.4, -0.2) is 14.5 Å². The largest absolute Gasteiger partial charge is 0.335 e. The van der Waals surface area contributed by atoms with Crippen molar-refractivity contribution < 1.29 is 0 Å². The number of aromatic nitrogens is 3. The molecule has 0 saturated carbocycles. The van der Waals surface area contributed by atoms with Gasteiger partial charge in [-0.3, -0.25) is 4.98 Å². The smallest absolute Gasteiger partial charge is 0.110 e. The van der Waals surface area contributed by atoms with Gasteiger partial charge in [-0.25, -0.2) is 4.98 Å². The van der Waals surface area contributed by atoms with E-state index in [0.29, 0.717) is 0 Å². The van der Waals surface area contributed by atoms with Crippen LogP contribution in [0.4, 0.5) is 0 Å². The average molecular weight is 216 g/mol. The second kappa shape index (κ2) is 4.90. The van der Waals surface area contributed by atoms with Crippen LogP contribution in [0, 0.1) is 0 Å². The number of pyridine rings is 1. The average Bonchev–Trinajstić information content (AvgIpc) is 2.77. The molecule has 2 rings (SSSR count). The van der Waals surface area contributed by atoms with Crippen molar-refractivity contribution in [2.24, 2.45) is 5.73 Å². The van der Waals surface area contributed by atoms with E-state index in [9.17, 15) is 0 Å². The monoisotopic (exact) mass is 216 g/mol. The molecule has 1 unspecified atom stereocenters. The van der Waals surface area contributed by atoms with E-state index in [4.69, 9.17) is 5.73 Å². The molecule has 16 heavy (non-hydrogen) atoms. The number of rotatable bonds is 4. The van der Waals surface area contributed by atoms with Gasteiger partial charge in [-0.15, -0.1) is 0 Å². The first-order valence-electron chi connectivity index (χ1n) is 5.46. The Kier molecular flexibility index (Phi) is 3.31. The van der Waals surface area contributed by atoms with E-state index in [0.717, 1.165) is 24.4 Å². The summed E-state index contributed by atoms with van der Waals surface area (Å²) in [6, 6.07) is 3.88. The maximum absolute atomic E-state index is 6.13. The Hall–Kier alpha value is -1.68. The lowest BCUT2D eigenvalue weighted by molar-refractivity contribution is 0.627. The minimum atomic E-state index is -0.0179. The molecule has 0 spiro atoms. The zero-order valence-electron chi connectivity index (χ0n) is 9.37. The molecule has 2 aromatic heterocycles. The molecule has 84 valence electrons. The maximum Gasteiger partial charge on any atom is 0.110 e. The van der Waals surface area contributed by atoms with Gasteiger partial charge in [0.1, 0.15) is 5.82 Å². The first-order chi connectivity index (χ1) is 7.81. The Morgan fingerprint density at radius 1 is 1.31 bits per heavy atom. The molecule has 0 fully saturated rings. The Morgan fingerprint density at radius 2 is 2.06 bits per heavy atom. The van der Waals surface area contributed by atoms with E-state index in [2.05, 4.69) is 21.5 Å². The number of nitrogens with zero attached hydrogens (tertiary/aromatic N) is 3. The van der Waals surface area contributed by atoms with Crippen molar-refractivity contribution in [3.05, 3.63) is 48.3 Å². The van der Waals surface area contributed by atoms with E-state index in [1.165, 1.54) is 0 Å². The fourth-order valence-electron chi connectivity index (χ4n) is 1.74. The SMILES string of the molecule is CCn1ccnc1CC(N)c1ccncc1. The summed E-state index contributed by atoms with van der Waals surface area (Å²) in [5.41, 5.74) is 7.23. The van der Waals surface area contributed by atoms with Crippen LogP contribution in [0.2, 0.25) is 0 Å². The summed E-state index contributed by atoms with van der Waals surface area (Å²) in [5.74, 6) is 1.03. The highest BCUT2D eigenvalue weighted by Gasteiger charge is 2.10. The van der Waals surface area contributed by atoms with Gasteiger partial charge in [0.25, 0.3) is 0 Å². The number of hydrogen-bond donors (Lipinski definition) is 1. The molecule has 0 amide bonds. The van der Waals surface area contributed by atoms with Gasteiger partial charge in [0.05, 0.1) is 0 Å². The first kappa shape index (κ1) is 10.8. The lowest BCUT2D eigenvalue weighted by Crippen LogP contribution is -2.16. The lowest BCUT2D eigenvalue weighted by Gasteiger charge is -2.12. The summed E-state index contributed by atoms with van der Waals surface area (Å²) >= 11 is 0. The molecule has 0 saturated heterocycles. The third-order valence-corrected chi connectivity index (χ3v) is 2.68. The second-order valence-electron chi connectivity index (χ2n) is 3.72. The zero-order valence-corrected chi connectivity index (χ0v) is 9.37. The molecular formula is C12H16N4. The van der Waals surface area contributed by atoms with Crippen molar-refractivity contribution in [3.63, 3.8) is 0 Å². The van der Waals surface area contributed by atoms with Crippen molar-refractivity contribution in [2.45, 2.75) is 25.9 Å². The first-order valence-corrected chi connectivity index (χ1v) is 5.46. The van der Waals surface area contributed by atoms with Crippen LogP contribution in [-0.2, 0) is 13.0 Å². The third-order valence-electron chi connectivity index (χ3n) is 2.68. The number of aryl methyl sites for hydroxylation is 1. The van der Waals surface area contributed by atoms with E-state index in [1.54, 1.807) is 12.4 Å². The molecule has 0 aromatic carbocycles. The quantitative estimate of drug-likeness (QED) is 0.843. The van der Waals surface area contributed by atoms with Crippen molar-refractivity contribution in [2.75, 3.05) is 0 Å². The summed E-state index contributed by atoms with van der Waals surface area (Å²) in [7, 11) is 0. The predicted octanol–water partition coefficient (Wildman–Crippen LogP) is 1.54. The Balaban J connectivity index is 2.11. The van der Waals surface area contributed by atoms with Gasteiger partial charge >= 0.3 is 0 Å². The molecule has 4 heteroatoms. The van der Waals surface area contributed by atoms with Gasteiger partial charge in [-0.2, -0.15) is 0 Å². The van der Waals surface area contributed by atoms with Crippen LogP contribution >= 0.6 is 0 Å². The second-order valence-corrected chi connectivity index (χ2v) is 3.72. The van der Waals surface area contributed by atoms with E-state index in [1.807, 2.05) is 24.5 Å². The van der Waals surface area contributed by atoms with Crippen molar-refractivity contribution in [3.8, 4) is 0 Å². The minimum Gasteiger partial charge on any atom is -0.335 e. The molecule has 0 aliphatic rings. The fraction of sp³-hybridized carbons (Fsp3) is 0.333. The van der Waals surface area contributed by atoms with Crippen LogP contribution < -0.4 is 5.73 Å². The zero-order chi connectivity index (χ0) is 11.4. The lowest BCUT2D eigenvalue weighted by atomic mass is 10.1. The molecule has 1 atom stereocenters. The number of nitrogens with two attached hydrogens (primary N) is 1. The van der Waals surface area contributed by atoms with Crippen molar-refractivity contribution in [1.29, 1.82) is 0 Å². The van der Waals surface area contributed by atoms with Gasteiger partial charge < -0.3 is 10.3 Å². The van der Waals surface area contributed by atoms with Crippen LogP contribution in [0.3, 0.4) is 0 Å². The predicted molar refractivity (Wildman–Crippen MR) is 62.8 cm³/mol. The summed E-state index contributed by atoms with van der Waals surface area (Å²) in [5, 5.41) is 0. The molecular weight excluding hydrogens is 200 g/mol. The molecule has 2 N–H and O–H groups in total. The molecule has 0 radical (unpaired) electrons. The molecule has 4 nitrogen and oxygen atoms in total. The highest BCUT2D eigenvalue weighted by atomic mass is 15.1. The molecule has 0 aliphatic carbocycles. The van der Waals surface area contributed by atoms with Gasteiger partial charge in [0.15, 0.2) is 0 Å². The standard InChI is InChI=1S/C12H16N4/c1-2-16-8-7-15-12(16)9-11(13)10-3-5-14-6-4-10/h3-8,11H,2,9,13H2,1H3. The summed E-state index contributed by atoms with van der Waals surface area (Å²) in [6.45, 7) is 3.03. The summed E-state index contributed by atoms with van der Waals surface area (Å²) in [4.78, 5) is 8.30. The van der Waals surface area contributed by atoms with Crippen molar-refractivity contribution >= 4 is 0 Å². The Labute approximate surface area is 95.1 Å². The normalized spacial score (nSPS) is 12.6. The van der Waals surface area contributed by atoms with Gasteiger partial charge in [0.2, 0.25) is 0 Å². The minimum absolute atomic E-state index is 0.0179. The van der Waals surface area contributed by atoms with E-state index < -0.39 is 0 Å². The van der Waals surface area contributed by atoms with Crippen molar-refractivity contribution in [1.82, 2.24) is 14.5 Å². The molecule has 0 aliphatic heterocycles. The van der Waals surface area contributed by atoms with E-state index in [-0.39, 0.29) is 6.04 Å². The van der Waals surface area contributed by atoms with Gasteiger partial charge in [-0.05, 0) is 24.6 Å². The van der Waals surface area contributed by atoms with Gasteiger partial charge in [0, 0.05) is 43.8 Å². The highest BCUT2D eigenvalue weighted by molar-refractivity contribution is 5.16. The molecule has 2 heterocycles. The Bertz CT molecular complexity index is 435. The van der Waals surface area contributed by atoms with Gasteiger partial charge in [-0.1, -0.05) is 0 Å². The van der Waals surface area contributed by atoms with Crippen LogP contribution in [0.5, 0.6) is 0 Å². The number of imidazole rings is 1. The Morgan fingerprint density at radius 3 is 2.75 bits per heavy atom. The summed E-state index contributed by atoms with van der Waals surface area (Å²) < 4.78 is 2.11. The van der Waals surface area contributed by atoms with Crippen LogP contribution in [0.25, 0.3) is 0 Å². The summed E-state index contributed by atoms with van der Waals surface area (Å²) in [6.07, 6.45) is 8.08. The third kappa shape index (κ3) is 2.28. The van der Waals surface area contributed by atoms with E-state index >= 15 is 0 Å². The fourth-order valence-corrected chi connectivity index (χ4v) is 1.74. The number of hydrogen-bond acceptors (Lipinski definition) is 3. The van der Waals surface area contributed by atoms with Crippen LogP contribution in [0.1, 0.15) is 24.4 Å².